The molecule has 0 atom stereocenters. The van der Waals surface area contributed by atoms with Gasteiger partial charge in [0.05, 0.1) is 11.3 Å². The van der Waals surface area contributed by atoms with Crippen molar-refractivity contribution in [1.82, 2.24) is 0 Å². The molecule has 1 saturated carbocycles. The number of anilines is 1. The highest BCUT2D eigenvalue weighted by Crippen LogP contribution is 2.33. The smallest absolute Gasteiger partial charge is 0.337 e. The van der Waals surface area contributed by atoms with Gasteiger partial charge in [0.25, 0.3) is 0 Å². The maximum Gasteiger partial charge on any atom is 0.337 e. The van der Waals surface area contributed by atoms with Crippen LogP contribution in [-0.4, -0.2) is 24.2 Å². The Balaban J connectivity index is 2.31. The fourth-order valence-corrected chi connectivity index (χ4v) is 2.12. The molecule has 1 fully saturated rings. The number of halogens is 1. The third-order valence-electron chi connectivity index (χ3n) is 3.09. The van der Waals surface area contributed by atoms with E-state index in [1.165, 1.54) is 12.8 Å². The van der Waals surface area contributed by atoms with Crippen molar-refractivity contribution in [3.05, 3.63) is 28.8 Å². The van der Waals surface area contributed by atoms with Gasteiger partial charge in [-0.2, -0.15) is 0 Å². The van der Waals surface area contributed by atoms with Gasteiger partial charge in [0.1, 0.15) is 0 Å². The summed E-state index contributed by atoms with van der Waals surface area (Å²) in [6.45, 7) is 3.77. The summed E-state index contributed by atoms with van der Waals surface area (Å²) in [6.07, 6.45) is 2.50. The number of nitrogens with zero attached hydrogens (tertiary/aromatic N) is 1. The van der Waals surface area contributed by atoms with E-state index in [1.807, 2.05) is 6.92 Å². The van der Waals surface area contributed by atoms with Crippen molar-refractivity contribution in [2.75, 3.05) is 18.0 Å². The number of hydrogen-bond donors (Lipinski definition) is 1. The molecule has 1 aliphatic carbocycles. The number of benzene rings is 1. The van der Waals surface area contributed by atoms with Crippen LogP contribution < -0.4 is 4.90 Å². The van der Waals surface area contributed by atoms with Crippen LogP contribution in [0.3, 0.4) is 0 Å². The summed E-state index contributed by atoms with van der Waals surface area (Å²) in [5.41, 5.74) is 1.07. The van der Waals surface area contributed by atoms with Crippen molar-refractivity contribution in [3.8, 4) is 0 Å². The van der Waals surface area contributed by atoms with Crippen LogP contribution in [0.4, 0.5) is 5.69 Å². The first kappa shape index (κ1) is 12.2. The molecule has 92 valence electrons. The van der Waals surface area contributed by atoms with E-state index in [4.69, 9.17) is 11.6 Å². The molecule has 1 aliphatic rings. The Bertz CT molecular complexity index is 429. The molecule has 1 aromatic rings. The lowest BCUT2D eigenvalue weighted by Gasteiger charge is -2.24. The average Bonchev–Trinajstić information content (AvgIpc) is 3.09. The molecule has 1 aromatic carbocycles. The first-order valence-corrected chi connectivity index (χ1v) is 6.27. The molecule has 0 heterocycles. The number of carboxylic acid groups (broad SMARTS) is 1. The molecular formula is C13H16ClNO2. The Kier molecular flexibility index (Phi) is 3.57. The maximum atomic E-state index is 11.2. The highest BCUT2D eigenvalue weighted by Gasteiger charge is 2.25. The molecule has 0 saturated heterocycles. The number of rotatable bonds is 5. The van der Waals surface area contributed by atoms with Crippen molar-refractivity contribution < 1.29 is 9.90 Å². The van der Waals surface area contributed by atoms with Gasteiger partial charge in [-0.05, 0) is 43.9 Å². The second-order valence-corrected chi connectivity index (χ2v) is 4.89. The minimum absolute atomic E-state index is 0.330. The quantitative estimate of drug-likeness (QED) is 0.876. The summed E-state index contributed by atoms with van der Waals surface area (Å²) in [6, 6.07) is 4.95. The molecule has 0 radical (unpaired) electrons. The van der Waals surface area contributed by atoms with E-state index in [9.17, 15) is 9.90 Å². The van der Waals surface area contributed by atoms with Gasteiger partial charge in [0, 0.05) is 18.1 Å². The number of aromatic carboxylic acids is 1. The third kappa shape index (κ3) is 2.91. The van der Waals surface area contributed by atoms with Crippen LogP contribution >= 0.6 is 11.6 Å². The summed E-state index contributed by atoms with van der Waals surface area (Å²) in [4.78, 5) is 13.3. The molecule has 2 rings (SSSR count). The standard InChI is InChI=1S/C13H16ClNO2/c1-2-15(8-9-3-4-9)12-7-10(14)5-6-11(12)13(16)17/h5-7,9H,2-4,8H2,1H3,(H,16,17). The predicted molar refractivity (Wildman–Crippen MR) is 69.0 cm³/mol. The van der Waals surface area contributed by atoms with Crippen LogP contribution in [0.5, 0.6) is 0 Å². The van der Waals surface area contributed by atoms with Gasteiger partial charge in [0.15, 0.2) is 0 Å². The molecule has 0 unspecified atom stereocenters. The molecule has 0 aromatic heterocycles. The first-order chi connectivity index (χ1) is 8.11. The first-order valence-electron chi connectivity index (χ1n) is 5.89. The summed E-state index contributed by atoms with van der Waals surface area (Å²) < 4.78 is 0. The Morgan fingerprint density at radius 3 is 2.76 bits per heavy atom. The van der Waals surface area contributed by atoms with Crippen LogP contribution in [-0.2, 0) is 0 Å². The predicted octanol–water partition coefficient (Wildman–Crippen LogP) is 3.27. The van der Waals surface area contributed by atoms with Gasteiger partial charge in [-0.25, -0.2) is 4.79 Å². The van der Waals surface area contributed by atoms with E-state index in [2.05, 4.69) is 4.90 Å². The Morgan fingerprint density at radius 1 is 1.53 bits per heavy atom. The van der Waals surface area contributed by atoms with E-state index in [0.29, 0.717) is 10.6 Å². The van der Waals surface area contributed by atoms with E-state index >= 15 is 0 Å². The van der Waals surface area contributed by atoms with Crippen LogP contribution in [0.1, 0.15) is 30.1 Å². The van der Waals surface area contributed by atoms with E-state index in [0.717, 1.165) is 24.7 Å². The van der Waals surface area contributed by atoms with Crippen LogP contribution in [0.15, 0.2) is 18.2 Å². The molecule has 0 amide bonds. The number of carbonyl (C=O) groups is 1. The molecule has 0 spiro atoms. The molecule has 0 aliphatic heterocycles. The van der Waals surface area contributed by atoms with Crippen molar-refractivity contribution in [3.63, 3.8) is 0 Å². The van der Waals surface area contributed by atoms with E-state index in [-0.39, 0.29) is 0 Å². The molecule has 0 bridgehead atoms. The monoisotopic (exact) mass is 253 g/mol. The zero-order valence-electron chi connectivity index (χ0n) is 9.82. The minimum atomic E-state index is -0.897. The lowest BCUT2D eigenvalue weighted by Crippen LogP contribution is -2.27. The Morgan fingerprint density at radius 2 is 2.24 bits per heavy atom. The van der Waals surface area contributed by atoms with Crippen LogP contribution in [0, 0.1) is 5.92 Å². The van der Waals surface area contributed by atoms with Crippen LogP contribution in [0.25, 0.3) is 0 Å². The van der Waals surface area contributed by atoms with Gasteiger partial charge < -0.3 is 10.0 Å². The van der Waals surface area contributed by atoms with Gasteiger partial charge in [0.2, 0.25) is 0 Å². The largest absolute Gasteiger partial charge is 0.478 e. The normalized spacial score (nSPS) is 14.7. The van der Waals surface area contributed by atoms with Crippen molar-refractivity contribution >= 4 is 23.3 Å². The fraction of sp³-hybridized carbons (Fsp3) is 0.462. The second-order valence-electron chi connectivity index (χ2n) is 4.45. The average molecular weight is 254 g/mol. The highest BCUT2D eigenvalue weighted by molar-refractivity contribution is 6.31. The second kappa shape index (κ2) is 4.96. The summed E-state index contributed by atoms with van der Waals surface area (Å²) in [5, 5.41) is 9.76. The molecule has 1 N–H and O–H groups in total. The fourth-order valence-electron chi connectivity index (χ4n) is 1.96. The third-order valence-corrected chi connectivity index (χ3v) is 3.32. The minimum Gasteiger partial charge on any atom is -0.478 e. The van der Waals surface area contributed by atoms with Gasteiger partial charge in [-0.3, -0.25) is 0 Å². The maximum absolute atomic E-state index is 11.2. The van der Waals surface area contributed by atoms with Gasteiger partial charge in [-0.1, -0.05) is 11.6 Å². The lowest BCUT2D eigenvalue weighted by molar-refractivity contribution is 0.0697. The Labute approximate surface area is 106 Å². The molecular weight excluding hydrogens is 238 g/mol. The van der Waals surface area contributed by atoms with Crippen LogP contribution in [0.2, 0.25) is 5.02 Å². The van der Waals surface area contributed by atoms with Gasteiger partial charge >= 0.3 is 5.97 Å². The molecule has 4 heteroatoms. The topological polar surface area (TPSA) is 40.5 Å². The van der Waals surface area contributed by atoms with E-state index in [1.54, 1.807) is 18.2 Å². The van der Waals surface area contributed by atoms with Crippen molar-refractivity contribution in [2.45, 2.75) is 19.8 Å². The lowest BCUT2D eigenvalue weighted by atomic mass is 10.1. The van der Waals surface area contributed by atoms with Crippen molar-refractivity contribution in [2.24, 2.45) is 5.92 Å². The summed E-state index contributed by atoms with van der Waals surface area (Å²) >= 11 is 5.96. The molecule has 17 heavy (non-hydrogen) atoms. The van der Waals surface area contributed by atoms with E-state index < -0.39 is 5.97 Å². The Hall–Kier alpha value is -1.22. The zero-order chi connectivity index (χ0) is 12.4. The zero-order valence-corrected chi connectivity index (χ0v) is 10.6. The highest BCUT2D eigenvalue weighted by atomic mass is 35.5. The summed E-state index contributed by atoms with van der Waals surface area (Å²) in [7, 11) is 0. The summed E-state index contributed by atoms with van der Waals surface area (Å²) in [5.74, 6) is -0.179. The van der Waals surface area contributed by atoms with Crippen molar-refractivity contribution in [1.29, 1.82) is 0 Å². The van der Waals surface area contributed by atoms with Gasteiger partial charge in [-0.15, -0.1) is 0 Å². The SMILES string of the molecule is CCN(CC1CC1)c1cc(Cl)ccc1C(=O)O. The number of hydrogen-bond acceptors (Lipinski definition) is 2. The molecule has 3 nitrogen and oxygen atoms in total. The number of carboxylic acids is 1.